The van der Waals surface area contributed by atoms with Gasteiger partial charge < -0.3 is 20.7 Å². The topological polar surface area (TPSA) is 75.8 Å². The number of nitrogens with one attached hydrogen (secondary N) is 1. The largest absolute Gasteiger partial charge is 0.372 e. The Bertz CT molecular complexity index is 558. The van der Waals surface area contributed by atoms with E-state index in [0.29, 0.717) is 18.5 Å². The number of hydrogen-bond acceptors (Lipinski definition) is 4. The highest BCUT2D eigenvalue weighted by Gasteiger charge is 2.22. The Morgan fingerprint density at radius 3 is 2.60 bits per heavy atom. The lowest BCUT2D eigenvalue weighted by Crippen LogP contribution is -2.45. The Hall–Kier alpha value is -1.82. The van der Waals surface area contributed by atoms with E-state index < -0.39 is 0 Å². The van der Waals surface area contributed by atoms with Crippen molar-refractivity contribution in [3.05, 3.63) is 23.9 Å². The minimum Gasteiger partial charge on any atom is -0.372 e. The summed E-state index contributed by atoms with van der Waals surface area (Å²) < 4.78 is 5.78. The number of pyridine rings is 1. The monoisotopic (exact) mass is 345 g/mol. The van der Waals surface area contributed by atoms with Crippen LogP contribution in [0.4, 0.5) is 5.82 Å². The highest BCUT2D eigenvalue weighted by molar-refractivity contribution is 5.78. The van der Waals surface area contributed by atoms with Crippen LogP contribution in [0.15, 0.2) is 23.3 Å². The van der Waals surface area contributed by atoms with Crippen molar-refractivity contribution in [1.82, 2.24) is 10.3 Å². The molecule has 1 aromatic rings. The van der Waals surface area contributed by atoms with Crippen LogP contribution in [0.1, 0.15) is 51.5 Å². The highest BCUT2D eigenvalue weighted by atomic mass is 16.5. The maximum atomic E-state index is 6.03. The third kappa shape index (κ3) is 5.33. The van der Waals surface area contributed by atoms with Gasteiger partial charge in [-0.05, 0) is 38.3 Å². The Balaban J connectivity index is 1.52. The second-order valence-corrected chi connectivity index (χ2v) is 7.37. The lowest BCUT2D eigenvalue weighted by molar-refractivity contribution is -0.00545. The number of rotatable bonds is 4. The summed E-state index contributed by atoms with van der Waals surface area (Å²) in [6.07, 6.45) is 8.68. The number of nitrogens with zero attached hydrogens (tertiary/aromatic N) is 3. The smallest absolute Gasteiger partial charge is 0.189 e. The summed E-state index contributed by atoms with van der Waals surface area (Å²) in [5, 5.41) is 3.35. The molecule has 0 bridgehead atoms. The van der Waals surface area contributed by atoms with E-state index in [1.54, 1.807) is 0 Å². The second-order valence-electron chi connectivity index (χ2n) is 7.37. The molecule has 25 heavy (non-hydrogen) atoms. The number of guanidine groups is 1. The van der Waals surface area contributed by atoms with Crippen molar-refractivity contribution in [3.63, 3.8) is 0 Å². The molecule has 2 aliphatic rings. The van der Waals surface area contributed by atoms with Gasteiger partial charge in [-0.25, -0.2) is 9.98 Å². The van der Waals surface area contributed by atoms with Gasteiger partial charge in [0.15, 0.2) is 5.96 Å². The molecule has 3 rings (SSSR count). The minimum absolute atomic E-state index is 0.237. The lowest BCUT2D eigenvalue weighted by atomic mass is 9.96. The SMILES string of the molecule is CC1CN(c2ccc(CN=C(N)NC3CCCCC3)cn2)CC(C)O1. The first-order chi connectivity index (χ1) is 12.1. The van der Waals surface area contributed by atoms with Crippen molar-refractivity contribution in [3.8, 4) is 0 Å². The van der Waals surface area contributed by atoms with Crippen LogP contribution in [0, 0.1) is 0 Å². The first-order valence-electron chi connectivity index (χ1n) is 9.52. The minimum atomic E-state index is 0.237. The maximum absolute atomic E-state index is 6.03. The summed E-state index contributed by atoms with van der Waals surface area (Å²) in [6, 6.07) is 4.65. The first-order valence-corrected chi connectivity index (χ1v) is 9.52. The molecule has 1 aliphatic heterocycles. The van der Waals surface area contributed by atoms with Crippen molar-refractivity contribution >= 4 is 11.8 Å². The Morgan fingerprint density at radius 2 is 1.96 bits per heavy atom. The number of nitrogens with two attached hydrogens (primary N) is 1. The molecule has 2 fully saturated rings. The average molecular weight is 345 g/mol. The summed E-state index contributed by atoms with van der Waals surface area (Å²) >= 11 is 0. The van der Waals surface area contributed by atoms with E-state index in [0.717, 1.165) is 24.5 Å². The van der Waals surface area contributed by atoms with Gasteiger partial charge in [0.25, 0.3) is 0 Å². The van der Waals surface area contributed by atoms with Crippen LogP contribution in [0.25, 0.3) is 0 Å². The van der Waals surface area contributed by atoms with Gasteiger partial charge >= 0.3 is 0 Å². The van der Waals surface area contributed by atoms with Crippen LogP contribution in [-0.2, 0) is 11.3 Å². The van der Waals surface area contributed by atoms with E-state index in [1.165, 1.54) is 32.1 Å². The van der Waals surface area contributed by atoms with Crippen LogP contribution in [0.2, 0.25) is 0 Å². The van der Waals surface area contributed by atoms with Crippen LogP contribution in [-0.4, -0.2) is 42.3 Å². The van der Waals surface area contributed by atoms with Gasteiger partial charge in [0, 0.05) is 25.3 Å². The zero-order chi connectivity index (χ0) is 17.6. The fraction of sp³-hybridized carbons (Fsp3) is 0.684. The molecule has 3 N–H and O–H groups in total. The number of aliphatic imine (C=N–C) groups is 1. The average Bonchev–Trinajstić information content (AvgIpc) is 2.60. The molecule has 2 unspecified atom stereocenters. The van der Waals surface area contributed by atoms with Gasteiger partial charge in [0.1, 0.15) is 5.82 Å². The predicted molar refractivity (Wildman–Crippen MR) is 102 cm³/mol. The summed E-state index contributed by atoms with van der Waals surface area (Å²) in [5.74, 6) is 1.55. The summed E-state index contributed by atoms with van der Waals surface area (Å²) in [6.45, 7) is 6.54. The molecule has 2 atom stereocenters. The molecule has 1 aromatic heterocycles. The Kier molecular flexibility index (Phi) is 6.13. The fourth-order valence-corrected chi connectivity index (χ4v) is 3.74. The van der Waals surface area contributed by atoms with Crippen LogP contribution in [0.5, 0.6) is 0 Å². The zero-order valence-electron chi connectivity index (χ0n) is 15.4. The molecule has 6 heteroatoms. The zero-order valence-corrected chi connectivity index (χ0v) is 15.4. The normalized spacial score (nSPS) is 25.8. The lowest BCUT2D eigenvalue weighted by Gasteiger charge is -2.36. The number of aromatic nitrogens is 1. The molecule has 1 saturated heterocycles. The van der Waals surface area contributed by atoms with Gasteiger partial charge in [0.2, 0.25) is 0 Å². The molecular weight excluding hydrogens is 314 g/mol. The van der Waals surface area contributed by atoms with E-state index in [4.69, 9.17) is 10.5 Å². The molecule has 2 heterocycles. The van der Waals surface area contributed by atoms with E-state index in [9.17, 15) is 0 Å². The standard InChI is InChI=1S/C19H31N5O/c1-14-12-24(13-15(2)25-14)18-9-8-16(10-21-18)11-22-19(20)23-17-6-4-3-5-7-17/h8-10,14-15,17H,3-7,11-13H2,1-2H3,(H3,20,22,23). The van der Waals surface area contributed by atoms with E-state index >= 15 is 0 Å². The van der Waals surface area contributed by atoms with Crippen molar-refractivity contribution < 1.29 is 4.74 Å². The molecule has 1 saturated carbocycles. The highest BCUT2D eigenvalue weighted by Crippen LogP contribution is 2.19. The van der Waals surface area contributed by atoms with E-state index in [-0.39, 0.29) is 12.2 Å². The molecule has 0 radical (unpaired) electrons. The molecule has 6 nitrogen and oxygen atoms in total. The predicted octanol–water partition coefficient (Wildman–Crippen LogP) is 2.43. The summed E-state index contributed by atoms with van der Waals surface area (Å²) in [7, 11) is 0. The van der Waals surface area contributed by atoms with E-state index in [2.05, 4.69) is 46.2 Å². The van der Waals surface area contributed by atoms with Gasteiger partial charge in [-0.1, -0.05) is 25.3 Å². The molecule has 138 valence electrons. The summed E-state index contributed by atoms with van der Waals surface area (Å²) in [4.78, 5) is 11.4. The molecule has 1 aliphatic carbocycles. The van der Waals surface area contributed by atoms with Gasteiger partial charge in [-0.15, -0.1) is 0 Å². The van der Waals surface area contributed by atoms with Crippen LogP contribution in [0.3, 0.4) is 0 Å². The number of morpholine rings is 1. The van der Waals surface area contributed by atoms with Gasteiger partial charge in [0.05, 0.1) is 18.8 Å². The number of anilines is 1. The fourth-order valence-electron chi connectivity index (χ4n) is 3.74. The quantitative estimate of drug-likeness (QED) is 0.647. The first kappa shape index (κ1) is 18.0. The Labute approximate surface area is 150 Å². The molecule has 0 aromatic carbocycles. The van der Waals surface area contributed by atoms with Crippen molar-refractivity contribution in [2.45, 2.75) is 70.7 Å². The number of hydrogen-bond donors (Lipinski definition) is 2. The van der Waals surface area contributed by atoms with Gasteiger partial charge in [-0.2, -0.15) is 0 Å². The summed E-state index contributed by atoms with van der Waals surface area (Å²) in [5.41, 5.74) is 7.10. The van der Waals surface area contributed by atoms with E-state index in [1.807, 2.05) is 6.20 Å². The third-order valence-electron chi connectivity index (χ3n) is 4.94. The molecule has 0 amide bonds. The van der Waals surface area contributed by atoms with Crippen molar-refractivity contribution in [2.75, 3.05) is 18.0 Å². The maximum Gasteiger partial charge on any atom is 0.189 e. The Morgan fingerprint density at radius 1 is 1.24 bits per heavy atom. The number of ether oxygens (including phenoxy) is 1. The van der Waals surface area contributed by atoms with Crippen molar-refractivity contribution in [1.29, 1.82) is 0 Å². The molecule has 0 spiro atoms. The molecular formula is C19H31N5O. The van der Waals surface area contributed by atoms with Crippen LogP contribution < -0.4 is 16.0 Å². The second kappa shape index (κ2) is 8.52. The van der Waals surface area contributed by atoms with Gasteiger partial charge in [-0.3, -0.25) is 0 Å². The van der Waals surface area contributed by atoms with Crippen molar-refractivity contribution in [2.24, 2.45) is 10.7 Å². The third-order valence-corrected chi connectivity index (χ3v) is 4.94. The van der Waals surface area contributed by atoms with Crippen LogP contribution >= 0.6 is 0 Å².